The lowest BCUT2D eigenvalue weighted by atomic mass is 10.4. The molecule has 116 valence electrons. The molecule has 1 heterocycles. The van der Waals surface area contributed by atoms with Crippen molar-refractivity contribution in [3.63, 3.8) is 0 Å². The van der Waals surface area contributed by atoms with E-state index in [0.29, 0.717) is 26.3 Å². The molecule has 0 unspecified atom stereocenters. The molecule has 1 aliphatic heterocycles. The maximum Gasteiger partial charge on any atom is 0.243 e. The van der Waals surface area contributed by atoms with Gasteiger partial charge in [-0.1, -0.05) is 0 Å². The number of morpholine rings is 1. The predicted molar refractivity (Wildman–Crippen MR) is 73.6 cm³/mol. The zero-order chi connectivity index (χ0) is 15.5. The van der Waals surface area contributed by atoms with Gasteiger partial charge in [0.2, 0.25) is 15.9 Å². The molecule has 1 saturated heterocycles. The van der Waals surface area contributed by atoms with Gasteiger partial charge in [-0.05, 0) is 24.3 Å². The average molecular weight is 316 g/mol. The maximum atomic E-state index is 12.8. The quantitative estimate of drug-likeness (QED) is 0.801. The highest BCUT2D eigenvalue weighted by Gasteiger charge is 2.25. The van der Waals surface area contributed by atoms with Crippen LogP contribution in [-0.2, 0) is 19.6 Å². The fourth-order valence-corrected chi connectivity index (χ4v) is 3.10. The molecule has 0 radical (unpaired) electrons. The van der Waals surface area contributed by atoms with Crippen molar-refractivity contribution in [2.45, 2.75) is 4.90 Å². The number of benzene rings is 1. The van der Waals surface area contributed by atoms with Crippen LogP contribution in [0.15, 0.2) is 29.2 Å². The molecule has 0 atom stereocenters. The van der Waals surface area contributed by atoms with Crippen molar-refractivity contribution in [1.29, 1.82) is 0 Å². The Labute approximate surface area is 123 Å². The average Bonchev–Trinajstić information content (AvgIpc) is 2.48. The highest BCUT2D eigenvalue weighted by Crippen LogP contribution is 2.15. The molecule has 0 bridgehead atoms. The Morgan fingerprint density at radius 1 is 1.29 bits per heavy atom. The second-order valence-corrected chi connectivity index (χ2v) is 6.75. The van der Waals surface area contributed by atoms with Crippen LogP contribution in [0.5, 0.6) is 0 Å². The van der Waals surface area contributed by atoms with Gasteiger partial charge in [-0.3, -0.25) is 4.79 Å². The van der Waals surface area contributed by atoms with Crippen LogP contribution in [0.1, 0.15) is 0 Å². The first-order valence-corrected chi connectivity index (χ1v) is 7.92. The highest BCUT2D eigenvalue weighted by atomic mass is 32.2. The molecule has 1 aliphatic rings. The third kappa shape index (κ3) is 3.78. The van der Waals surface area contributed by atoms with Gasteiger partial charge in [0.15, 0.2) is 0 Å². The van der Waals surface area contributed by atoms with Crippen molar-refractivity contribution in [1.82, 2.24) is 9.21 Å². The van der Waals surface area contributed by atoms with Crippen LogP contribution in [-0.4, -0.2) is 63.4 Å². The monoisotopic (exact) mass is 316 g/mol. The SMILES string of the molecule is CN(CC(=O)N1CCOCC1)S(=O)(=O)c1ccc(F)cc1. The normalized spacial score (nSPS) is 16.2. The zero-order valence-electron chi connectivity index (χ0n) is 11.7. The van der Waals surface area contributed by atoms with Gasteiger partial charge in [-0.2, -0.15) is 4.31 Å². The molecule has 1 amide bonds. The minimum absolute atomic E-state index is 0.0406. The van der Waals surface area contributed by atoms with Gasteiger partial charge in [0.05, 0.1) is 24.7 Å². The Morgan fingerprint density at radius 3 is 2.43 bits per heavy atom. The van der Waals surface area contributed by atoms with E-state index in [9.17, 15) is 17.6 Å². The summed E-state index contributed by atoms with van der Waals surface area (Å²) in [5.41, 5.74) is 0. The van der Waals surface area contributed by atoms with Gasteiger partial charge >= 0.3 is 0 Å². The first-order chi connectivity index (χ1) is 9.91. The standard InChI is InChI=1S/C13H17FN2O4S/c1-15(10-13(17)16-6-8-20-9-7-16)21(18,19)12-4-2-11(14)3-5-12/h2-5H,6-10H2,1H3. The summed E-state index contributed by atoms with van der Waals surface area (Å²) in [6.07, 6.45) is 0. The molecule has 0 aliphatic carbocycles. The summed E-state index contributed by atoms with van der Waals surface area (Å²) in [5.74, 6) is -0.785. The fraction of sp³-hybridized carbons (Fsp3) is 0.462. The molecule has 21 heavy (non-hydrogen) atoms. The Bertz CT molecular complexity index is 597. The molecule has 0 aromatic heterocycles. The van der Waals surface area contributed by atoms with Gasteiger partial charge in [-0.25, -0.2) is 12.8 Å². The van der Waals surface area contributed by atoms with Gasteiger partial charge in [0.25, 0.3) is 0 Å². The largest absolute Gasteiger partial charge is 0.378 e. The van der Waals surface area contributed by atoms with Crippen molar-refractivity contribution in [2.24, 2.45) is 0 Å². The van der Waals surface area contributed by atoms with E-state index in [1.807, 2.05) is 0 Å². The molecule has 0 saturated carbocycles. The Hall–Kier alpha value is -1.51. The molecule has 1 fully saturated rings. The van der Waals surface area contributed by atoms with E-state index < -0.39 is 15.8 Å². The van der Waals surface area contributed by atoms with Crippen LogP contribution in [0, 0.1) is 5.82 Å². The minimum Gasteiger partial charge on any atom is -0.378 e. The van der Waals surface area contributed by atoms with E-state index in [1.54, 1.807) is 4.90 Å². The number of sulfonamides is 1. The Morgan fingerprint density at radius 2 is 1.86 bits per heavy atom. The van der Waals surface area contributed by atoms with E-state index in [1.165, 1.54) is 19.2 Å². The number of likely N-dealkylation sites (N-methyl/N-ethyl adjacent to an activating group) is 1. The zero-order valence-corrected chi connectivity index (χ0v) is 12.5. The second-order valence-electron chi connectivity index (χ2n) is 4.71. The van der Waals surface area contributed by atoms with Crippen LogP contribution in [0.3, 0.4) is 0 Å². The number of halogens is 1. The summed E-state index contributed by atoms with van der Waals surface area (Å²) < 4.78 is 43.5. The van der Waals surface area contributed by atoms with Crippen molar-refractivity contribution in [3.05, 3.63) is 30.1 Å². The molecule has 2 rings (SSSR count). The van der Waals surface area contributed by atoms with Crippen LogP contribution >= 0.6 is 0 Å². The van der Waals surface area contributed by atoms with Crippen LogP contribution in [0.25, 0.3) is 0 Å². The summed E-state index contributed by atoms with van der Waals surface area (Å²) in [6.45, 7) is 1.59. The lowest BCUT2D eigenvalue weighted by Crippen LogP contribution is -2.46. The summed E-state index contributed by atoms with van der Waals surface area (Å²) in [7, 11) is -2.47. The number of hydrogen-bond acceptors (Lipinski definition) is 4. The fourth-order valence-electron chi connectivity index (χ4n) is 1.97. The van der Waals surface area contributed by atoms with E-state index >= 15 is 0 Å². The van der Waals surface area contributed by atoms with Crippen molar-refractivity contribution >= 4 is 15.9 Å². The lowest BCUT2D eigenvalue weighted by molar-refractivity contribution is -0.135. The molecule has 1 aromatic rings. The van der Waals surface area contributed by atoms with E-state index in [2.05, 4.69) is 0 Å². The first-order valence-electron chi connectivity index (χ1n) is 6.48. The lowest BCUT2D eigenvalue weighted by Gasteiger charge is -2.28. The van der Waals surface area contributed by atoms with E-state index in [0.717, 1.165) is 16.4 Å². The van der Waals surface area contributed by atoms with Gasteiger partial charge in [-0.15, -0.1) is 0 Å². The number of ether oxygens (including phenoxy) is 1. The van der Waals surface area contributed by atoms with Crippen LogP contribution in [0.4, 0.5) is 4.39 Å². The summed E-state index contributed by atoms with van der Waals surface area (Å²) >= 11 is 0. The molecule has 6 nitrogen and oxygen atoms in total. The molecular weight excluding hydrogens is 299 g/mol. The Balaban J connectivity index is 2.06. The minimum atomic E-state index is -3.80. The highest BCUT2D eigenvalue weighted by molar-refractivity contribution is 7.89. The number of carbonyl (C=O) groups excluding carboxylic acids is 1. The number of nitrogens with zero attached hydrogens (tertiary/aromatic N) is 2. The molecule has 8 heteroatoms. The first kappa shape index (κ1) is 15.9. The third-order valence-electron chi connectivity index (χ3n) is 3.24. The smallest absolute Gasteiger partial charge is 0.243 e. The maximum absolute atomic E-state index is 12.8. The van der Waals surface area contributed by atoms with Crippen LogP contribution < -0.4 is 0 Å². The van der Waals surface area contributed by atoms with Gasteiger partial charge in [0.1, 0.15) is 5.82 Å². The summed E-state index contributed by atoms with van der Waals surface area (Å²) in [5, 5.41) is 0. The van der Waals surface area contributed by atoms with Crippen LogP contribution in [0.2, 0.25) is 0 Å². The van der Waals surface area contributed by atoms with Gasteiger partial charge in [0, 0.05) is 20.1 Å². The molecule has 0 spiro atoms. The Kier molecular flexibility index (Phi) is 4.92. The molecule has 1 aromatic carbocycles. The molecule has 0 N–H and O–H groups in total. The van der Waals surface area contributed by atoms with E-state index in [4.69, 9.17) is 4.74 Å². The van der Waals surface area contributed by atoms with Gasteiger partial charge < -0.3 is 9.64 Å². The summed E-state index contributed by atoms with van der Waals surface area (Å²) in [4.78, 5) is 13.6. The number of amides is 1. The molecular formula is C13H17FN2O4S. The second kappa shape index (κ2) is 6.50. The summed E-state index contributed by atoms with van der Waals surface area (Å²) in [6, 6.07) is 4.51. The topological polar surface area (TPSA) is 66.9 Å². The number of hydrogen-bond donors (Lipinski definition) is 0. The van der Waals surface area contributed by atoms with E-state index in [-0.39, 0.29) is 17.3 Å². The third-order valence-corrected chi connectivity index (χ3v) is 5.06. The van der Waals surface area contributed by atoms with Crippen molar-refractivity contribution in [2.75, 3.05) is 39.9 Å². The van der Waals surface area contributed by atoms with Crippen molar-refractivity contribution in [3.8, 4) is 0 Å². The number of rotatable bonds is 4. The predicted octanol–water partition coefficient (Wildman–Crippen LogP) is 0.305. The van der Waals surface area contributed by atoms with Crippen molar-refractivity contribution < 1.29 is 22.3 Å². The number of carbonyl (C=O) groups is 1.